The van der Waals surface area contributed by atoms with E-state index in [-0.39, 0.29) is 36.7 Å². The van der Waals surface area contributed by atoms with Crippen molar-refractivity contribution in [1.82, 2.24) is 25.1 Å². The zero-order valence-corrected chi connectivity index (χ0v) is 22.5. The van der Waals surface area contributed by atoms with Gasteiger partial charge >= 0.3 is 6.03 Å². The fourth-order valence-corrected chi connectivity index (χ4v) is 4.98. The first-order valence-electron chi connectivity index (χ1n) is 12.9. The molecule has 9 nitrogen and oxygen atoms in total. The van der Waals surface area contributed by atoms with Gasteiger partial charge in [-0.05, 0) is 35.7 Å². The summed E-state index contributed by atoms with van der Waals surface area (Å²) in [5.41, 5.74) is 2.69. The van der Waals surface area contributed by atoms with Crippen molar-refractivity contribution in [2.24, 2.45) is 0 Å². The Morgan fingerprint density at radius 2 is 1.62 bits per heavy atom. The maximum absolute atomic E-state index is 13.9. The predicted molar refractivity (Wildman–Crippen MR) is 148 cm³/mol. The molecule has 3 aromatic rings. The highest BCUT2D eigenvalue weighted by atomic mass is 16.3. The summed E-state index contributed by atoms with van der Waals surface area (Å²) >= 11 is 0. The first kappa shape index (κ1) is 27.7. The largest absolute Gasteiger partial charge is 0.508 e. The van der Waals surface area contributed by atoms with Crippen molar-refractivity contribution in [3.05, 3.63) is 102 Å². The Labute approximate surface area is 229 Å². The number of aromatic hydroxyl groups is 1. The summed E-state index contributed by atoms with van der Waals surface area (Å²) in [4.78, 5) is 43.3. The standard InChI is InChI=1S/C30H35N5O4/c1-22(25-12-8-5-9-13-25)33-20-28(35(32(2)3)30(39)31-19-24-10-6-4-7-11-24)34(21-36)27(29(33)38)18-23-14-16-26(37)17-15-23/h4-17,21-22,27-28,37H,18-20H2,1-3H3,(H,31,39)/t22-,27+,28?/m1/s1. The molecule has 0 aromatic heterocycles. The molecule has 39 heavy (non-hydrogen) atoms. The van der Waals surface area contributed by atoms with Crippen LogP contribution in [0.2, 0.25) is 0 Å². The van der Waals surface area contributed by atoms with Gasteiger partial charge in [0.2, 0.25) is 12.3 Å². The summed E-state index contributed by atoms with van der Waals surface area (Å²) < 4.78 is 0. The molecule has 4 rings (SSSR count). The van der Waals surface area contributed by atoms with Crippen molar-refractivity contribution in [1.29, 1.82) is 0 Å². The number of rotatable bonds is 9. The van der Waals surface area contributed by atoms with Crippen molar-refractivity contribution in [3.8, 4) is 5.75 Å². The molecule has 3 aromatic carbocycles. The molecule has 4 amide bonds. The zero-order chi connectivity index (χ0) is 27.9. The van der Waals surface area contributed by atoms with Crippen LogP contribution in [0.1, 0.15) is 29.7 Å². The molecule has 0 bridgehead atoms. The summed E-state index contributed by atoms with van der Waals surface area (Å²) in [6.45, 7) is 2.41. The van der Waals surface area contributed by atoms with Crippen LogP contribution in [0.5, 0.6) is 5.75 Å². The smallest absolute Gasteiger partial charge is 0.334 e. The number of carbonyl (C=O) groups excluding carboxylic acids is 3. The van der Waals surface area contributed by atoms with E-state index in [9.17, 15) is 19.5 Å². The second-order valence-electron chi connectivity index (χ2n) is 9.83. The molecule has 0 spiro atoms. The van der Waals surface area contributed by atoms with Gasteiger partial charge in [-0.25, -0.2) is 14.8 Å². The van der Waals surface area contributed by atoms with Crippen molar-refractivity contribution in [2.75, 3.05) is 20.6 Å². The van der Waals surface area contributed by atoms with E-state index in [0.717, 1.165) is 16.7 Å². The van der Waals surface area contributed by atoms with Crippen molar-refractivity contribution in [2.45, 2.75) is 38.1 Å². The lowest BCUT2D eigenvalue weighted by Crippen LogP contribution is -2.70. The third-order valence-electron chi connectivity index (χ3n) is 7.08. The lowest BCUT2D eigenvalue weighted by Gasteiger charge is -2.50. The molecular weight excluding hydrogens is 494 g/mol. The van der Waals surface area contributed by atoms with Crippen molar-refractivity contribution >= 4 is 18.3 Å². The van der Waals surface area contributed by atoms with E-state index in [1.807, 2.05) is 67.6 Å². The van der Waals surface area contributed by atoms with E-state index in [0.29, 0.717) is 13.0 Å². The van der Waals surface area contributed by atoms with Crippen molar-refractivity contribution < 1.29 is 19.5 Å². The quantitative estimate of drug-likeness (QED) is 0.327. The fourth-order valence-electron chi connectivity index (χ4n) is 4.98. The number of hydrogen-bond acceptors (Lipinski definition) is 5. The van der Waals surface area contributed by atoms with E-state index in [2.05, 4.69) is 5.32 Å². The van der Waals surface area contributed by atoms with E-state index >= 15 is 0 Å². The summed E-state index contributed by atoms with van der Waals surface area (Å²) in [6.07, 6.45) is 0.137. The van der Waals surface area contributed by atoms with Gasteiger partial charge in [-0.15, -0.1) is 0 Å². The molecule has 1 aliphatic rings. The number of benzene rings is 3. The predicted octanol–water partition coefficient (Wildman–Crippen LogP) is 3.38. The molecule has 1 heterocycles. The van der Waals surface area contributed by atoms with Gasteiger partial charge in [0.25, 0.3) is 0 Å². The Balaban J connectivity index is 1.68. The minimum atomic E-state index is -0.846. The molecule has 9 heteroatoms. The van der Waals surface area contributed by atoms with Gasteiger partial charge in [-0.3, -0.25) is 9.59 Å². The molecule has 3 atom stereocenters. The minimum Gasteiger partial charge on any atom is -0.508 e. The van der Waals surface area contributed by atoms with Crippen molar-refractivity contribution in [3.63, 3.8) is 0 Å². The summed E-state index contributed by atoms with van der Waals surface area (Å²) in [5.74, 6) is -0.0850. The molecule has 1 saturated heterocycles. The van der Waals surface area contributed by atoms with E-state index in [1.165, 1.54) is 9.91 Å². The van der Waals surface area contributed by atoms with Crippen LogP contribution in [0.4, 0.5) is 4.79 Å². The number of hydrazine groups is 1. The van der Waals surface area contributed by atoms with E-state index in [4.69, 9.17) is 0 Å². The highest BCUT2D eigenvalue weighted by Gasteiger charge is 2.46. The molecule has 1 aliphatic heterocycles. The normalized spacial score (nSPS) is 18.1. The van der Waals surface area contributed by atoms with Gasteiger partial charge in [-0.2, -0.15) is 0 Å². The highest BCUT2D eigenvalue weighted by molar-refractivity contribution is 5.86. The van der Waals surface area contributed by atoms with Crippen LogP contribution in [0, 0.1) is 0 Å². The van der Waals surface area contributed by atoms with Gasteiger partial charge in [0.1, 0.15) is 18.0 Å². The lowest BCUT2D eigenvalue weighted by molar-refractivity contribution is -0.166. The van der Waals surface area contributed by atoms with Crippen LogP contribution in [-0.4, -0.2) is 76.1 Å². The molecule has 0 radical (unpaired) electrons. The van der Waals surface area contributed by atoms with Gasteiger partial charge in [-0.1, -0.05) is 72.8 Å². The van der Waals surface area contributed by atoms with Gasteiger partial charge in [0, 0.05) is 27.1 Å². The maximum Gasteiger partial charge on any atom is 0.334 e. The number of urea groups is 1. The van der Waals surface area contributed by atoms with Crippen LogP contribution in [0.15, 0.2) is 84.9 Å². The number of nitrogens with one attached hydrogen (secondary N) is 1. The number of piperazine rings is 1. The lowest BCUT2D eigenvalue weighted by atomic mass is 9.97. The molecule has 0 aliphatic carbocycles. The number of nitrogens with zero attached hydrogens (tertiary/aromatic N) is 4. The number of phenols is 1. The van der Waals surface area contributed by atoms with Gasteiger partial charge < -0.3 is 20.2 Å². The summed E-state index contributed by atoms with van der Waals surface area (Å²) in [6, 6.07) is 24.3. The average Bonchev–Trinajstić information content (AvgIpc) is 2.95. The fraction of sp³-hybridized carbons (Fsp3) is 0.300. The molecule has 0 saturated carbocycles. The van der Waals surface area contributed by atoms with Gasteiger partial charge in [0.15, 0.2) is 0 Å². The van der Waals surface area contributed by atoms with Crippen LogP contribution in [0.25, 0.3) is 0 Å². The zero-order valence-electron chi connectivity index (χ0n) is 22.5. The van der Waals surface area contributed by atoms with Crippen LogP contribution in [-0.2, 0) is 22.6 Å². The minimum absolute atomic E-state index is 0.118. The number of hydrogen-bond donors (Lipinski definition) is 2. The molecular formula is C30H35N5O4. The molecule has 1 unspecified atom stereocenters. The topological polar surface area (TPSA) is 96.4 Å². The Kier molecular flexibility index (Phi) is 8.83. The Morgan fingerprint density at radius 1 is 1.00 bits per heavy atom. The van der Waals surface area contributed by atoms with Crippen LogP contribution in [0.3, 0.4) is 0 Å². The Bertz CT molecular complexity index is 1250. The molecule has 2 N–H and O–H groups in total. The summed E-state index contributed by atoms with van der Waals surface area (Å²) in [5, 5.41) is 15.8. The third kappa shape index (κ3) is 6.38. The molecule has 204 valence electrons. The van der Waals surface area contributed by atoms with E-state index < -0.39 is 12.2 Å². The summed E-state index contributed by atoms with van der Waals surface area (Å²) in [7, 11) is 3.48. The van der Waals surface area contributed by atoms with E-state index in [1.54, 1.807) is 48.3 Å². The van der Waals surface area contributed by atoms with Crippen LogP contribution >= 0.6 is 0 Å². The first-order chi connectivity index (χ1) is 18.8. The second-order valence-corrected chi connectivity index (χ2v) is 9.83. The number of carbonyl (C=O) groups is 3. The first-order valence-corrected chi connectivity index (χ1v) is 12.9. The third-order valence-corrected chi connectivity index (χ3v) is 7.08. The Hall–Kier alpha value is -4.37. The monoisotopic (exact) mass is 529 g/mol. The highest BCUT2D eigenvalue weighted by Crippen LogP contribution is 2.30. The number of amides is 4. The number of phenolic OH excluding ortho intramolecular Hbond substituents is 1. The SMILES string of the molecule is C[C@H](c1ccccc1)N1CC(N(C(=O)NCc2ccccc2)N(C)C)N(C=O)[C@@H](Cc2ccc(O)cc2)C1=O. The second kappa shape index (κ2) is 12.4. The average molecular weight is 530 g/mol. The molecule has 1 fully saturated rings. The van der Waals surface area contributed by atoms with Crippen LogP contribution < -0.4 is 5.32 Å². The van der Waals surface area contributed by atoms with Gasteiger partial charge in [0.05, 0.1) is 12.6 Å². The maximum atomic E-state index is 13.9. The Morgan fingerprint density at radius 3 is 2.21 bits per heavy atom.